The Bertz CT molecular complexity index is 1230. The van der Waals surface area contributed by atoms with Gasteiger partial charge in [0.1, 0.15) is 17.2 Å². The first-order valence-corrected chi connectivity index (χ1v) is 8.23. The lowest BCUT2D eigenvalue weighted by Gasteiger charge is -2.07. The molecule has 3 heterocycles. The molecule has 0 aliphatic heterocycles. The molecular weight excluding hydrogens is 365 g/mol. The van der Waals surface area contributed by atoms with Gasteiger partial charge in [-0.25, -0.2) is 14.2 Å². The molecule has 9 heteroatoms. The van der Waals surface area contributed by atoms with Crippen molar-refractivity contribution in [2.75, 3.05) is 5.32 Å². The third-order valence-electron chi connectivity index (χ3n) is 4.25. The fourth-order valence-electron chi connectivity index (χ4n) is 2.84. The van der Waals surface area contributed by atoms with Crippen LogP contribution in [0.3, 0.4) is 0 Å². The Morgan fingerprint density at radius 1 is 1.14 bits per heavy atom. The third kappa shape index (κ3) is 3.09. The monoisotopic (exact) mass is 379 g/mol. The summed E-state index contributed by atoms with van der Waals surface area (Å²) in [7, 11) is 1.82. The number of amides is 1. The number of halogens is 1. The normalized spacial score (nSPS) is 10.9. The molecule has 0 saturated heterocycles. The molecule has 0 atom stereocenters. The van der Waals surface area contributed by atoms with Crippen LogP contribution in [0.5, 0.6) is 0 Å². The summed E-state index contributed by atoms with van der Waals surface area (Å²) in [6, 6.07) is 6.81. The van der Waals surface area contributed by atoms with Gasteiger partial charge in [-0.05, 0) is 35.9 Å². The minimum Gasteiger partial charge on any atom is -0.478 e. The molecule has 4 rings (SSSR count). The van der Waals surface area contributed by atoms with Crippen LogP contribution in [0.4, 0.5) is 10.1 Å². The molecule has 0 spiro atoms. The maximum Gasteiger partial charge on any atom is 0.335 e. The van der Waals surface area contributed by atoms with Crippen molar-refractivity contribution in [1.82, 2.24) is 19.2 Å². The number of carbonyl (C=O) groups excluding carboxylic acids is 1. The zero-order valence-corrected chi connectivity index (χ0v) is 14.6. The van der Waals surface area contributed by atoms with E-state index in [-0.39, 0.29) is 16.9 Å². The maximum atomic E-state index is 14.0. The van der Waals surface area contributed by atoms with Crippen LogP contribution >= 0.6 is 0 Å². The molecule has 0 aliphatic rings. The highest BCUT2D eigenvalue weighted by molar-refractivity contribution is 6.04. The number of nitrogens with one attached hydrogen (secondary N) is 1. The van der Waals surface area contributed by atoms with E-state index in [1.807, 2.05) is 19.3 Å². The van der Waals surface area contributed by atoms with Gasteiger partial charge in [-0.15, -0.1) is 0 Å². The minimum atomic E-state index is -1.21. The average Bonchev–Trinajstić information content (AvgIpc) is 3.28. The Kier molecular flexibility index (Phi) is 4.11. The molecule has 0 bridgehead atoms. The lowest BCUT2D eigenvalue weighted by atomic mass is 10.1. The Balaban J connectivity index is 1.65. The zero-order valence-electron chi connectivity index (χ0n) is 14.6. The van der Waals surface area contributed by atoms with Crippen LogP contribution in [-0.2, 0) is 7.05 Å². The number of anilines is 1. The highest BCUT2D eigenvalue weighted by Crippen LogP contribution is 2.22. The van der Waals surface area contributed by atoms with E-state index in [2.05, 4.69) is 15.4 Å². The van der Waals surface area contributed by atoms with Crippen molar-refractivity contribution in [2.24, 2.45) is 7.05 Å². The predicted molar refractivity (Wildman–Crippen MR) is 98.7 cm³/mol. The van der Waals surface area contributed by atoms with Gasteiger partial charge in [0.15, 0.2) is 0 Å². The summed E-state index contributed by atoms with van der Waals surface area (Å²) in [6.45, 7) is 0. The summed E-state index contributed by atoms with van der Waals surface area (Å²) in [5.74, 6) is -2.55. The van der Waals surface area contributed by atoms with Gasteiger partial charge in [0.25, 0.3) is 5.91 Å². The summed E-state index contributed by atoms with van der Waals surface area (Å²) in [5.41, 5.74) is 2.17. The standard InChI is InChI=1S/C19H14FN5O3/c1-24-10-13(8-22-24)11-4-5-25-16(9-21-17(25)7-11)18(26)23-15-6-12(19(27)28)2-3-14(15)20/h2-10H,1H3,(H,23,26)(H,27,28). The molecule has 0 aliphatic carbocycles. The van der Waals surface area contributed by atoms with Crippen LogP contribution in [0.2, 0.25) is 0 Å². The van der Waals surface area contributed by atoms with Gasteiger partial charge in [0, 0.05) is 25.0 Å². The number of carboxylic acids is 1. The number of benzene rings is 1. The van der Waals surface area contributed by atoms with Crippen molar-refractivity contribution in [3.63, 3.8) is 0 Å². The number of carboxylic acid groups (broad SMARTS) is 1. The highest BCUT2D eigenvalue weighted by atomic mass is 19.1. The smallest absolute Gasteiger partial charge is 0.335 e. The van der Waals surface area contributed by atoms with Crippen LogP contribution < -0.4 is 5.32 Å². The van der Waals surface area contributed by atoms with Crippen molar-refractivity contribution in [3.05, 3.63) is 72.2 Å². The van der Waals surface area contributed by atoms with Gasteiger partial charge in [-0.2, -0.15) is 5.10 Å². The van der Waals surface area contributed by atoms with E-state index >= 15 is 0 Å². The number of pyridine rings is 1. The topological polar surface area (TPSA) is 102 Å². The number of hydrogen-bond donors (Lipinski definition) is 2. The molecule has 28 heavy (non-hydrogen) atoms. The Labute approximate surface area is 157 Å². The lowest BCUT2D eigenvalue weighted by molar-refractivity contribution is 0.0696. The van der Waals surface area contributed by atoms with Gasteiger partial charge < -0.3 is 10.4 Å². The second kappa shape index (κ2) is 6.62. The first-order chi connectivity index (χ1) is 13.4. The number of fused-ring (bicyclic) bond motifs is 1. The predicted octanol–water partition coefficient (Wildman–Crippen LogP) is 2.82. The lowest BCUT2D eigenvalue weighted by Crippen LogP contribution is -2.15. The fourth-order valence-corrected chi connectivity index (χ4v) is 2.84. The number of aromatic carboxylic acids is 1. The van der Waals surface area contributed by atoms with E-state index in [4.69, 9.17) is 5.11 Å². The molecule has 0 fully saturated rings. The Morgan fingerprint density at radius 2 is 1.96 bits per heavy atom. The summed E-state index contributed by atoms with van der Waals surface area (Å²) < 4.78 is 17.2. The van der Waals surface area contributed by atoms with Crippen LogP contribution in [0, 0.1) is 5.82 Å². The minimum absolute atomic E-state index is 0.129. The van der Waals surface area contributed by atoms with E-state index in [0.29, 0.717) is 5.65 Å². The van der Waals surface area contributed by atoms with E-state index < -0.39 is 17.7 Å². The van der Waals surface area contributed by atoms with Crippen LogP contribution in [-0.4, -0.2) is 36.1 Å². The van der Waals surface area contributed by atoms with Gasteiger partial charge in [0.2, 0.25) is 0 Å². The molecule has 4 aromatic rings. The number of aryl methyl sites for hydroxylation is 1. The second-order valence-electron chi connectivity index (χ2n) is 6.14. The molecule has 0 saturated carbocycles. The quantitative estimate of drug-likeness (QED) is 0.568. The average molecular weight is 379 g/mol. The van der Waals surface area contributed by atoms with Gasteiger partial charge >= 0.3 is 5.97 Å². The molecule has 1 aromatic carbocycles. The number of hydrogen-bond acceptors (Lipinski definition) is 4. The van der Waals surface area contributed by atoms with Crippen molar-refractivity contribution in [3.8, 4) is 11.1 Å². The van der Waals surface area contributed by atoms with Crippen molar-refractivity contribution >= 4 is 23.2 Å². The first kappa shape index (κ1) is 17.4. The first-order valence-electron chi connectivity index (χ1n) is 8.23. The van der Waals surface area contributed by atoms with Gasteiger partial charge in [0.05, 0.1) is 23.6 Å². The van der Waals surface area contributed by atoms with Crippen LogP contribution in [0.15, 0.2) is 55.1 Å². The fraction of sp³-hybridized carbons (Fsp3) is 0.0526. The highest BCUT2D eigenvalue weighted by Gasteiger charge is 2.16. The maximum absolute atomic E-state index is 14.0. The van der Waals surface area contributed by atoms with E-state index in [1.165, 1.54) is 6.20 Å². The number of rotatable bonds is 4. The molecule has 2 N–H and O–H groups in total. The molecule has 0 unspecified atom stereocenters. The number of imidazole rings is 1. The largest absolute Gasteiger partial charge is 0.478 e. The van der Waals surface area contributed by atoms with Crippen LogP contribution in [0.1, 0.15) is 20.8 Å². The molecule has 1 amide bonds. The Hall–Kier alpha value is -4.01. The number of carbonyl (C=O) groups is 2. The summed E-state index contributed by atoms with van der Waals surface area (Å²) >= 11 is 0. The van der Waals surface area contributed by atoms with Gasteiger partial charge in [-0.3, -0.25) is 13.9 Å². The van der Waals surface area contributed by atoms with E-state index in [1.54, 1.807) is 27.5 Å². The SMILES string of the molecule is Cn1cc(-c2ccn3c(C(=O)Nc4cc(C(=O)O)ccc4F)cnc3c2)cn1. The van der Waals surface area contributed by atoms with Crippen molar-refractivity contribution < 1.29 is 19.1 Å². The third-order valence-corrected chi connectivity index (χ3v) is 4.25. The molecule has 3 aromatic heterocycles. The van der Waals surface area contributed by atoms with Crippen molar-refractivity contribution in [2.45, 2.75) is 0 Å². The number of nitrogens with zero attached hydrogens (tertiary/aromatic N) is 4. The molecule has 0 radical (unpaired) electrons. The van der Waals surface area contributed by atoms with Crippen molar-refractivity contribution in [1.29, 1.82) is 0 Å². The van der Waals surface area contributed by atoms with Gasteiger partial charge in [-0.1, -0.05) is 0 Å². The summed E-state index contributed by atoms with van der Waals surface area (Å²) in [5, 5.41) is 15.6. The summed E-state index contributed by atoms with van der Waals surface area (Å²) in [4.78, 5) is 27.9. The number of aromatic nitrogens is 4. The molecule has 8 nitrogen and oxygen atoms in total. The van der Waals surface area contributed by atoms with E-state index in [0.717, 1.165) is 29.3 Å². The molecule has 140 valence electrons. The summed E-state index contributed by atoms with van der Waals surface area (Å²) in [6.07, 6.45) is 6.64. The van der Waals surface area contributed by atoms with Crippen LogP contribution in [0.25, 0.3) is 16.8 Å². The Morgan fingerprint density at radius 3 is 2.68 bits per heavy atom. The zero-order chi connectivity index (χ0) is 19.8. The van der Waals surface area contributed by atoms with E-state index in [9.17, 15) is 14.0 Å². The molecular formula is C19H14FN5O3. The second-order valence-corrected chi connectivity index (χ2v) is 6.14.